The van der Waals surface area contributed by atoms with Crippen LogP contribution in [0.5, 0.6) is 0 Å². The average molecular weight is 266 g/mol. The zero-order chi connectivity index (χ0) is 14.1. The normalized spacial score (nSPS) is 10.2. The van der Waals surface area contributed by atoms with Gasteiger partial charge in [-0.3, -0.25) is 14.9 Å². The number of rotatable bonds is 8. The van der Waals surface area contributed by atoms with E-state index < -0.39 is 10.8 Å². The average Bonchev–Trinajstić information content (AvgIpc) is 2.42. The van der Waals surface area contributed by atoms with Gasteiger partial charge in [0.2, 0.25) is 0 Å². The molecule has 0 saturated carbocycles. The third kappa shape index (κ3) is 5.05. The first-order valence-electron chi connectivity index (χ1n) is 6.29. The standard InChI is InChI=1S/C13H18N2O4/c16-10-6-2-1-5-9-14-13(17)11-7-3-4-8-12(11)15(18)19/h3-4,7-8,16H,1-2,5-6,9-10H2,(H,14,17). The van der Waals surface area contributed by atoms with Crippen molar-refractivity contribution in [1.29, 1.82) is 0 Å². The molecule has 1 aromatic rings. The van der Waals surface area contributed by atoms with Crippen LogP contribution in [0.15, 0.2) is 24.3 Å². The third-order valence-corrected chi connectivity index (χ3v) is 2.72. The number of nitro benzene ring substituents is 1. The van der Waals surface area contributed by atoms with Crippen molar-refractivity contribution in [3.05, 3.63) is 39.9 Å². The Bertz CT molecular complexity index is 434. The Kier molecular flexibility index (Phi) is 6.52. The van der Waals surface area contributed by atoms with Gasteiger partial charge in [0, 0.05) is 19.2 Å². The summed E-state index contributed by atoms with van der Waals surface area (Å²) in [5, 5.41) is 22.1. The zero-order valence-electron chi connectivity index (χ0n) is 10.7. The first-order valence-corrected chi connectivity index (χ1v) is 6.29. The van der Waals surface area contributed by atoms with Crippen molar-refractivity contribution in [2.75, 3.05) is 13.2 Å². The van der Waals surface area contributed by atoms with Gasteiger partial charge in [-0.15, -0.1) is 0 Å². The molecule has 0 fully saturated rings. The Morgan fingerprint density at radius 2 is 1.89 bits per heavy atom. The summed E-state index contributed by atoms with van der Waals surface area (Å²) in [6.45, 7) is 0.666. The third-order valence-electron chi connectivity index (χ3n) is 2.72. The number of hydrogen-bond acceptors (Lipinski definition) is 4. The van der Waals surface area contributed by atoms with Gasteiger partial charge in [0.15, 0.2) is 0 Å². The van der Waals surface area contributed by atoms with E-state index in [-0.39, 0.29) is 17.9 Å². The quantitative estimate of drug-likeness (QED) is 0.427. The van der Waals surface area contributed by atoms with Gasteiger partial charge in [-0.05, 0) is 18.9 Å². The van der Waals surface area contributed by atoms with Gasteiger partial charge in [-0.1, -0.05) is 25.0 Å². The Hall–Kier alpha value is -1.95. The van der Waals surface area contributed by atoms with E-state index in [0.717, 1.165) is 25.7 Å². The molecule has 0 aliphatic heterocycles. The van der Waals surface area contributed by atoms with Crippen LogP contribution in [-0.4, -0.2) is 29.1 Å². The smallest absolute Gasteiger partial charge is 0.282 e. The molecule has 6 heteroatoms. The lowest BCUT2D eigenvalue weighted by atomic mass is 10.1. The van der Waals surface area contributed by atoms with Gasteiger partial charge in [0.25, 0.3) is 11.6 Å². The molecule has 0 radical (unpaired) electrons. The zero-order valence-corrected chi connectivity index (χ0v) is 10.7. The van der Waals surface area contributed by atoms with Crippen molar-refractivity contribution in [1.82, 2.24) is 5.32 Å². The number of benzene rings is 1. The Balaban J connectivity index is 2.43. The van der Waals surface area contributed by atoms with E-state index in [1.807, 2.05) is 0 Å². The molecule has 6 nitrogen and oxygen atoms in total. The highest BCUT2D eigenvalue weighted by molar-refractivity contribution is 5.98. The lowest BCUT2D eigenvalue weighted by Crippen LogP contribution is -2.25. The lowest BCUT2D eigenvalue weighted by Gasteiger charge is -2.05. The van der Waals surface area contributed by atoms with Crippen LogP contribution in [0.2, 0.25) is 0 Å². The number of carbonyl (C=O) groups is 1. The van der Waals surface area contributed by atoms with Crippen LogP contribution < -0.4 is 5.32 Å². The lowest BCUT2D eigenvalue weighted by molar-refractivity contribution is -0.385. The minimum Gasteiger partial charge on any atom is -0.396 e. The molecule has 0 aliphatic carbocycles. The number of amides is 1. The first kappa shape index (κ1) is 15.1. The number of unbranched alkanes of at least 4 members (excludes halogenated alkanes) is 3. The molecule has 0 saturated heterocycles. The largest absolute Gasteiger partial charge is 0.396 e. The Morgan fingerprint density at radius 3 is 2.58 bits per heavy atom. The summed E-state index contributed by atoms with van der Waals surface area (Å²) in [6, 6.07) is 5.89. The maximum Gasteiger partial charge on any atom is 0.282 e. The highest BCUT2D eigenvalue weighted by Crippen LogP contribution is 2.17. The Labute approximate surface area is 111 Å². The number of hydrogen-bond donors (Lipinski definition) is 2. The molecule has 0 aliphatic rings. The molecule has 1 rings (SSSR count). The highest BCUT2D eigenvalue weighted by Gasteiger charge is 2.18. The SMILES string of the molecule is O=C(NCCCCCCO)c1ccccc1[N+](=O)[O-]. The van der Waals surface area contributed by atoms with Crippen LogP contribution in [0.25, 0.3) is 0 Å². The number of nitrogens with zero attached hydrogens (tertiary/aromatic N) is 1. The Morgan fingerprint density at radius 1 is 1.21 bits per heavy atom. The van der Waals surface area contributed by atoms with Crippen LogP contribution in [-0.2, 0) is 0 Å². The summed E-state index contributed by atoms with van der Waals surface area (Å²) in [5.41, 5.74) is -0.0943. The van der Waals surface area contributed by atoms with E-state index in [1.165, 1.54) is 18.2 Å². The van der Waals surface area contributed by atoms with Crippen LogP contribution in [0.3, 0.4) is 0 Å². The number of aliphatic hydroxyl groups excluding tert-OH is 1. The fourth-order valence-corrected chi connectivity index (χ4v) is 1.71. The second kappa shape index (κ2) is 8.20. The molecule has 19 heavy (non-hydrogen) atoms. The summed E-state index contributed by atoms with van der Waals surface area (Å²) in [7, 11) is 0. The highest BCUT2D eigenvalue weighted by atomic mass is 16.6. The number of nitrogens with one attached hydrogen (secondary N) is 1. The van der Waals surface area contributed by atoms with Crippen molar-refractivity contribution in [2.45, 2.75) is 25.7 Å². The van der Waals surface area contributed by atoms with E-state index in [9.17, 15) is 14.9 Å². The number of aliphatic hydroxyl groups is 1. The summed E-state index contributed by atoms with van der Waals surface area (Å²) in [6.07, 6.45) is 3.39. The van der Waals surface area contributed by atoms with Crippen LogP contribution >= 0.6 is 0 Å². The van der Waals surface area contributed by atoms with Crippen molar-refractivity contribution in [3.63, 3.8) is 0 Å². The van der Waals surface area contributed by atoms with E-state index in [4.69, 9.17) is 5.11 Å². The summed E-state index contributed by atoms with van der Waals surface area (Å²) in [4.78, 5) is 22.0. The molecule has 2 N–H and O–H groups in total. The molecular weight excluding hydrogens is 248 g/mol. The number of para-hydroxylation sites is 1. The van der Waals surface area contributed by atoms with E-state index >= 15 is 0 Å². The van der Waals surface area contributed by atoms with Crippen molar-refractivity contribution < 1.29 is 14.8 Å². The molecule has 0 spiro atoms. The van der Waals surface area contributed by atoms with Crippen molar-refractivity contribution >= 4 is 11.6 Å². The first-order chi connectivity index (χ1) is 9.16. The van der Waals surface area contributed by atoms with Crippen LogP contribution in [0.4, 0.5) is 5.69 Å². The predicted molar refractivity (Wildman–Crippen MR) is 71.0 cm³/mol. The minimum atomic E-state index is -0.559. The summed E-state index contributed by atoms with van der Waals surface area (Å²) < 4.78 is 0. The van der Waals surface area contributed by atoms with Gasteiger partial charge < -0.3 is 10.4 Å². The molecule has 0 heterocycles. The second-order valence-electron chi connectivity index (χ2n) is 4.17. The van der Waals surface area contributed by atoms with E-state index in [2.05, 4.69) is 5.32 Å². The van der Waals surface area contributed by atoms with Crippen LogP contribution in [0.1, 0.15) is 36.0 Å². The fraction of sp³-hybridized carbons (Fsp3) is 0.462. The molecular formula is C13H18N2O4. The van der Waals surface area contributed by atoms with E-state index in [0.29, 0.717) is 6.54 Å². The fourth-order valence-electron chi connectivity index (χ4n) is 1.71. The molecule has 0 unspecified atom stereocenters. The maximum absolute atomic E-state index is 11.8. The topological polar surface area (TPSA) is 92.5 Å². The van der Waals surface area contributed by atoms with Crippen LogP contribution in [0, 0.1) is 10.1 Å². The monoisotopic (exact) mass is 266 g/mol. The van der Waals surface area contributed by atoms with Gasteiger partial charge in [-0.25, -0.2) is 0 Å². The number of carbonyl (C=O) groups excluding carboxylic acids is 1. The minimum absolute atomic E-state index is 0.0860. The second-order valence-corrected chi connectivity index (χ2v) is 4.17. The van der Waals surface area contributed by atoms with Crippen molar-refractivity contribution in [3.8, 4) is 0 Å². The molecule has 0 bridgehead atoms. The summed E-state index contributed by atoms with van der Waals surface area (Å²) in [5.74, 6) is -0.422. The molecule has 0 atom stereocenters. The molecule has 1 aromatic carbocycles. The molecule has 1 amide bonds. The van der Waals surface area contributed by atoms with Gasteiger partial charge in [0.1, 0.15) is 5.56 Å². The molecule has 104 valence electrons. The van der Waals surface area contributed by atoms with Crippen molar-refractivity contribution in [2.24, 2.45) is 0 Å². The molecule has 0 aromatic heterocycles. The summed E-state index contributed by atoms with van der Waals surface area (Å²) >= 11 is 0. The van der Waals surface area contributed by atoms with Gasteiger partial charge in [-0.2, -0.15) is 0 Å². The predicted octanol–water partition coefficient (Wildman–Crippen LogP) is 1.88. The van der Waals surface area contributed by atoms with Gasteiger partial charge in [0.05, 0.1) is 4.92 Å². The number of nitro groups is 1. The van der Waals surface area contributed by atoms with Gasteiger partial charge >= 0.3 is 0 Å². The maximum atomic E-state index is 11.8. The van der Waals surface area contributed by atoms with E-state index in [1.54, 1.807) is 6.07 Å².